The van der Waals surface area contributed by atoms with Crippen molar-refractivity contribution in [1.82, 2.24) is 0 Å². The van der Waals surface area contributed by atoms with Crippen molar-refractivity contribution < 1.29 is 9.90 Å². The first-order valence-electron chi connectivity index (χ1n) is 7.11. The molecule has 1 aliphatic heterocycles. The van der Waals surface area contributed by atoms with Crippen molar-refractivity contribution in [2.75, 3.05) is 18.0 Å². The molecule has 1 fully saturated rings. The number of carbonyl (C=O) groups is 1. The Morgan fingerprint density at radius 2 is 2.05 bits per heavy atom. The predicted molar refractivity (Wildman–Crippen MR) is 78.0 cm³/mol. The minimum absolute atomic E-state index is 0.359. The summed E-state index contributed by atoms with van der Waals surface area (Å²) in [5.74, 6) is -0.829. The molecule has 0 spiro atoms. The number of anilines is 1. The molecule has 1 aromatic carbocycles. The van der Waals surface area contributed by atoms with E-state index in [1.807, 2.05) is 19.1 Å². The van der Waals surface area contributed by atoms with Gasteiger partial charge in [-0.05, 0) is 43.2 Å². The van der Waals surface area contributed by atoms with Crippen LogP contribution in [0.3, 0.4) is 0 Å². The van der Waals surface area contributed by atoms with Gasteiger partial charge in [-0.1, -0.05) is 26.0 Å². The molecule has 1 heterocycles. The number of hydrogen-bond acceptors (Lipinski definition) is 2. The summed E-state index contributed by atoms with van der Waals surface area (Å²) in [5, 5.41) is 9.37. The number of aromatic carboxylic acids is 1. The molecule has 3 heteroatoms. The summed E-state index contributed by atoms with van der Waals surface area (Å²) < 4.78 is 0. The van der Waals surface area contributed by atoms with Crippen LogP contribution in [0.15, 0.2) is 18.2 Å². The van der Waals surface area contributed by atoms with Crippen molar-refractivity contribution in [3.63, 3.8) is 0 Å². The number of carboxylic acid groups (broad SMARTS) is 1. The highest BCUT2D eigenvalue weighted by molar-refractivity contribution is 5.95. The molecule has 0 amide bonds. The number of hydrogen-bond donors (Lipinski definition) is 1. The lowest BCUT2D eigenvalue weighted by atomic mass is 9.82. The Bertz CT molecular complexity index is 478. The van der Waals surface area contributed by atoms with E-state index in [1.54, 1.807) is 6.07 Å². The predicted octanol–water partition coefficient (Wildman–Crippen LogP) is 3.71. The van der Waals surface area contributed by atoms with Crippen molar-refractivity contribution in [2.45, 2.75) is 40.0 Å². The van der Waals surface area contributed by atoms with Crippen LogP contribution in [0.25, 0.3) is 0 Å². The molecule has 104 valence electrons. The van der Waals surface area contributed by atoms with Gasteiger partial charge in [0.15, 0.2) is 0 Å². The van der Waals surface area contributed by atoms with Crippen LogP contribution in [0, 0.1) is 12.3 Å². The smallest absolute Gasteiger partial charge is 0.337 e. The maximum Gasteiger partial charge on any atom is 0.337 e. The quantitative estimate of drug-likeness (QED) is 0.898. The first-order chi connectivity index (χ1) is 9.03. The van der Waals surface area contributed by atoms with Crippen LogP contribution in [0.2, 0.25) is 0 Å². The van der Waals surface area contributed by atoms with Gasteiger partial charge in [-0.25, -0.2) is 4.79 Å². The summed E-state index contributed by atoms with van der Waals surface area (Å²) in [6.45, 7) is 8.42. The summed E-state index contributed by atoms with van der Waals surface area (Å²) in [5.41, 5.74) is 2.77. The molecular weight excluding hydrogens is 238 g/mol. The van der Waals surface area contributed by atoms with E-state index in [1.165, 1.54) is 0 Å². The number of para-hydroxylation sites is 1. The van der Waals surface area contributed by atoms with Crippen LogP contribution in [-0.4, -0.2) is 24.2 Å². The normalized spacial score (nSPS) is 17.7. The van der Waals surface area contributed by atoms with Crippen LogP contribution >= 0.6 is 0 Å². The lowest BCUT2D eigenvalue weighted by Gasteiger charge is -2.28. The summed E-state index contributed by atoms with van der Waals surface area (Å²) in [7, 11) is 0. The summed E-state index contributed by atoms with van der Waals surface area (Å²) >= 11 is 0. The molecule has 0 bridgehead atoms. The van der Waals surface area contributed by atoms with Crippen molar-refractivity contribution in [3.05, 3.63) is 29.3 Å². The van der Waals surface area contributed by atoms with Gasteiger partial charge in [-0.2, -0.15) is 0 Å². The molecule has 0 atom stereocenters. The first kappa shape index (κ1) is 13.9. The molecule has 0 aromatic heterocycles. The molecule has 1 aliphatic rings. The molecule has 1 aromatic rings. The second-order valence-corrected chi connectivity index (χ2v) is 5.65. The lowest BCUT2D eigenvalue weighted by molar-refractivity contribution is 0.0697. The van der Waals surface area contributed by atoms with Crippen LogP contribution in [0.5, 0.6) is 0 Å². The highest BCUT2D eigenvalue weighted by Gasteiger charge is 2.36. The third kappa shape index (κ3) is 2.46. The van der Waals surface area contributed by atoms with E-state index in [4.69, 9.17) is 0 Å². The number of rotatable bonds is 4. The fraction of sp³-hybridized carbons (Fsp3) is 0.562. The first-order valence-corrected chi connectivity index (χ1v) is 7.11. The molecule has 2 rings (SSSR count). The monoisotopic (exact) mass is 261 g/mol. The molecule has 1 N–H and O–H groups in total. The maximum atomic E-state index is 11.4. The van der Waals surface area contributed by atoms with E-state index in [0.29, 0.717) is 11.0 Å². The van der Waals surface area contributed by atoms with Crippen LogP contribution < -0.4 is 4.90 Å². The summed E-state index contributed by atoms with van der Waals surface area (Å²) in [6, 6.07) is 5.54. The topological polar surface area (TPSA) is 40.5 Å². The van der Waals surface area contributed by atoms with Crippen LogP contribution in [0.1, 0.15) is 49.0 Å². The van der Waals surface area contributed by atoms with Gasteiger partial charge in [0.25, 0.3) is 0 Å². The zero-order valence-corrected chi connectivity index (χ0v) is 12.1. The fourth-order valence-electron chi connectivity index (χ4n) is 3.20. The Labute approximate surface area is 115 Å². The van der Waals surface area contributed by atoms with E-state index in [2.05, 4.69) is 18.7 Å². The molecule has 19 heavy (non-hydrogen) atoms. The zero-order valence-electron chi connectivity index (χ0n) is 12.1. The number of nitrogens with zero attached hydrogens (tertiary/aromatic N) is 1. The fourth-order valence-corrected chi connectivity index (χ4v) is 3.20. The van der Waals surface area contributed by atoms with Crippen LogP contribution in [0.4, 0.5) is 5.69 Å². The van der Waals surface area contributed by atoms with E-state index in [9.17, 15) is 9.90 Å². The van der Waals surface area contributed by atoms with Gasteiger partial charge in [0.1, 0.15) is 0 Å². The highest BCUT2D eigenvalue weighted by Crippen LogP contribution is 2.40. The van der Waals surface area contributed by atoms with E-state index >= 15 is 0 Å². The van der Waals surface area contributed by atoms with Crippen molar-refractivity contribution in [1.29, 1.82) is 0 Å². The Morgan fingerprint density at radius 1 is 1.37 bits per heavy atom. The highest BCUT2D eigenvalue weighted by atomic mass is 16.4. The second kappa shape index (κ2) is 5.24. The van der Waals surface area contributed by atoms with Gasteiger partial charge in [-0.15, -0.1) is 0 Å². The third-order valence-corrected chi connectivity index (χ3v) is 4.72. The van der Waals surface area contributed by atoms with E-state index in [0.717, 1.165) is 43.6 Å². The third-order valence-electron chi connectivity index (χ3n) is 4.72. The average molecular weight is 261 g/mol. The molecule has 1 saturated heterocycles. The van der Waals surface area contributed by atoms with Gasteiger partial charge in [0, 0.05) is 13.1 Å². The van der Waals surface area contributed by atoms with Gasteiger partial charge >= 0.3 is 5.97 Å². The minimum atomic E-state index is -0.829. The second-order valence-electron chi connectivity index (χ2n) is 5.65. The largest absolute Gasteiger partial charge is 0.478 e. The van der Waals surface area contributed by atoms with Gasteiger partial charge in [-0.3, -0.25) is 0 Å². The van der Waals surface area contributed by atoms with Gasteiger partial charge < -0.3 is 10.0 Å². The summed E-state index contributed by atoms with van der Waals surface area (Å²) in [6.07, 6.45) is 3.48. The molecule has 0 radical (unpaired) electrons. The molecule has 0 unspecified atom stereocenters. The van der Waals surface area contributed by atoms with Crippen LogP contribution in [-0.2, 0) is 0 Å². The summed E-state index contributed by atoms with van der Waals surface area (Å²) in [4.78, 5) is 13.7. The van der Waals surface area contributed by atoms with E-state index in [-0.39, 0.29) is 0 Å². The Kier molecular flexibility index (Phi) is 3.83. The lowest BCUT2D eigenvalue weighted by Crippen LogP contribution is -2.28. The molecular formula is C16H23NO2. The van der Waals surface area contributed by atoms with Gasteiger partial charge in [0.2, 0.25) is 0 Å². The Balaban J connectivity index is 2.36. The van der Waals surface area contributed by atoms with E-state index < -0.39 is 5.97 Å². The zero-order chi connectivity index (χ0) is 14.0. The van der Waals surface area contributed by atoms with Gasteiger partial charge in [0.05, 0.1) is 11.3 Å². The van der Waals surface area contributed by atoms with Crippen molar-refractivity contribution in [3.8, 4) is 0 Å². The molecule has 0 aliphatic carbocycles. The average Bonchev–Trinajstić information content (AvgIpc) is 2.83. The minimum Gasteiger partial charge on any atom is -0.478 e. The number of aryl methyl sites for hydroxylation is 1. The molecule has 3 nitrogen and oxygen atoms in total. The SMILES string of the molecule is CCC1(CC)CCN(c2c(C)cccc2C(=O)O)C1. The number of benzene rings is 1. The van der Waals surface area contributed by atoms with Crippen molar-refractivity contribution >= 4 is 11.7 Å². The molecule has 0 saturated carbocycles. The standard InChI is InChI=1S/C16H23NO2/c1-4-16(5-2)9-10-17(11-16)14-12(3)7-6-8-13(14)15(18)19/h6-8H,4-5,9-11H2,1-3H3,(H,18,19). The maximum absolute atomic E-state index is 11.4. The Morgan fingerprint density at radius 3 is 2.58 bits per heavy atom. The van der Waals surface area contributed by atoms with Crippen molar-refractivity contribution in [2.24, 2.45) is 5.41 Å². The Hall–Kier alpha value is -1.51. The number of carboxylic acids is 1.